The molecule has 0 saturated heterocycles. The highest BCUT2D eigenvalue weighted by molar-refractivity contribution is 6.01. The van der Waals surface area contributed by atoms with Crippen LogP contribution < -0.4 is 5.32 Å². The Morgan fingerprint density at radius 2 is 2.04 bits per heavy atom. The van der Waals surface area contributed by atoms with Gasteiger partial charge in [-0.2, -0.15) is 5.10 Å². The van der Waals surface area contributed by atoms with E-state index in [-0.39, 0.29) is 24.5 Å². The lowest BCUT2D eigenvalue weighted by molar-refractivity contribution is 0.0891. The van der Waals surface area contributed by atoms with Gasteiger partial charge in [0.2, 0.25) is 0 Å². The van der Waals surface area contributed by atoms with Crippen LogP contribution >= 0.6 is 0 Å². The van der Waals surface area contributed by atoms with Crippen molar-refractivity contribution in [3.63, 3.8) is 0 Å². The summed E-state index contributed by atoms with van der Waals surface area (Å²) in [6, 6.07) is 12.9. The lowest BCUT2D eigenvalue weighted by atomic mass is 9.99. The number of hydrogen-bond acceptors (Lipinski definition) is 4. The minimum Gasteiger partial charge on any atom is -0.394 e. The van der Waals surface area contributed by atoms with Crippen molar-refractivity contribution in [1.82, 2.24) is 25.5 Å². The first kappa shape index (κ1) is 18.2. The van der Waals surface area contributed by atoms with Crippen molar-refractivity contribution in [2.75, 3.05) is 6.61 Å². The number of fused-ring (bicyclic) bond motifs is 2. The van der Waals surface area contributed by atoms with Gasteiger partial charge in [-0.05, 0) is 36.2 Å². The van der Waals surface area contributed by atoms with Crippen molar-refractivity contribution in [3.8, 4) is 11.5 Å². The molecule has 0 fully saturated rings. The second-order valence-electron chi connectivity index (χ2n) is 7.08. The van der Waals surface area contributed by atoms with Gasteiger partial charge in [0.05, 0.1) is 29.2 Å². The predicted molar refractivity (Wildman–Crippen MR) is 109 cm³/mol. The molecule has 0 aliphatic heterocycles. The first-order chi connectivity index (χ1) is 13.6. The molecule has 0 spiro atoms. The van der Waals surface area contributed by atoms with E-state index in [1.54, 1.807) is 6.07 Å². The highest BCUT2D eigenvalue weighted by Crippen LogP contribution is 2.27. The Balaban J connectivity index is 1.69. The number of hydrogen-bond donors (Lipinski definition) is 4. The van der Waals surface area contributed by atoms with Crippen molar-refractivity contribution in [1.29, 1.82) is 0 Å². The summed E-state index contributed by atoms with van der Waals surface area (Å²) in [5.41, 5.74) is 3.81. The van der Waals surface area contributed by atoms with E-state index in [1.165, 1.54) is 0 Å². The lowest BCUT2D eigenvalue weighted by Gasteiger charge is -2.22. The highest BCUT2D eigenvalue weighted by Gasteiger charge is 2.19. The average molecular weight is 377 g/mol. The molecular formula is C21H23N5O2. The number of carbonyl (C=O) groups is 1. The summed E-state index contributed by atoms with van der Waals surface area (Å²) in [6.07, 6.45) is 0.877. The molecule has 0 radical (unpaired) electrons. The zero-order chi connectivity index (χ0) is 19.7. The van der Waals surface area contributed by atoms with Gasteiger partial charge in [-0.1, -0.05) is 32.4 Å². The third-order valence-corrected chi connectivity index (χ3v) is 5.28. The fourth-order valence-corrected chi connectivity index (χ4v) is 3.30. The summed E-state index contributed by atoms with van der Waals surface area (Å²) in [4.78, 5) is 20.6. The number of aliphatic hydroxyl groups is 1. The molecular weight excluding hydrogens is 354 g/mol. The van der Waals surface area contributed by atoms with E-state index in [0.29, 0.717) is 17.1 Å². The highest BCUT2D eigenvalue weighted by atomic mass is 16.3. The van der Waals surface area contributed by atoms with E-state index in [4.69, 9.17) is 0 Å². The van der Waals surface area contributed by atoms with Crippen LogP contribution in [0, 0.1) is 5.92 Å². The largest absolute Gasteiger partial charge is 0.394 e. The number of aromatic amines is 2. The Bertz CT molecular complexity index is 1100. The molecule has 4 N–H and O–H groups in total. The summed E-state index contributed by atoms with van der Waals surface area (Å²) in [5, 5.41) is 20.7. The molecule has 0 aliphatic rings. The number of rotatable bonds is 6. The number of benzene rings is 2. The van der Waals surface area contributed by atoms with Gasteiger partial charge in [0, 0.05) is 10.9 Å². The first-order valence-electron chi connectivity index (χ1n) is 9.45. The summed E-state index contributed by atoms with van der Waals surface area (Å²) in [7, 11) is 0. The van der Waals surface area contributed by atoms with Crippen molar-refractivity contribution < 1.29 is 9.90 Å². The average Bonchev–Trinajstić information content (AvgIpc) is 3.34. The molecule has 4 aromatic rings. The lowest BCUT2D eigenvalue weighted by Crippen LogP contribution is -2.41. The van der Waals surface area contributed by atoms with E-state index in [0.717, 1.165) is 28.4 Å². The zero-order valence-corrected chi connectivity index (χ0v) is 15.9. The number of nitrogens with one attached hydrogen (secondary N) is 3. The third-order valence-electron chi connectivity index (χ3n) is 5.28. The van der Waals surface area contributed by atoms with Crippen molar-refractivity contribution in [3.05, 3.63) is 48.0 Å². The molecule has 0 unspecified atom stereocenters. The fourth-order valence-electron chi connectivity index (χ4n) is 3.30. The van der Waals surface area contributed by atoms with Gasteiger partial charge >= 0.3 is 0 Å². The summed E-state index contributed by atoms with van der Waals surface area (Å²) < 4.78 is 0. The Kier molecular flexibility index (Phi) is 4.83. The van der Waals surface area contributed by atoms with Crippen LogP contribution in [0.1, 0.15) is 30.6 Å². The molecule has 144 valence electrons. The third kappa shape index (κ3) is 3.25. The normalized spacial score (nSPS) is 13.7. The number of aliphatic hydroxyl groups excluding tert-OH is 1. The molecule has 7 heteroatoms. The van der Waals surface area contributed by atoms with E-state index in [9.17, 15) is 9.90 Å². The number of H-pyrrole nitrogens is 2. The number of carbonyl (C=O) groups excluding carboxylic acids is 1. The van der Waals surface area contributed by atoms with Gasteiger partial charge in [0.1, 0.15) is 5.69 Å². The Morgan fingerprint density at radius 3 is 2.79 bits per heavy atom. The number of para-hydroxylation sites is 2. The fraction of sp³-hybridized carbons (Fsp3) is 0.286. The van der Waals surface area contributed by atoms with Crippen LogP contribution in [0.2, 0.25) is 0 Å². The number of aromatic nitrogens is 4. The number of imidazole rings is 1. The van der Waals surface area contributed by atoms with Crippen LogP contribution in [-0.4, -0.2) is 43.8 Å². The topological polar surface area (TPSA) is 107 Å². The minimum atomic E-state index is -0.271. The molecule has 2 aromatic heterocycles. The first-order valence-corrected chi connectivity index (χ1v) is 9.45. The maximum absolute atomic E-state index is 12.7. The molecule has 0 aliphatic carbocycles. The van der Waals surface area contributed by atoms with Crippen molar-refractivity contribution >= 4 is 27.8 Å². The van der Waals surface area contributed by atoms with Gasteiger partial charge in [-0.25, -0.2) is 4.98 Å². The minimum absolute atomic E-state index is 0.0844. The molecule has 2 atom stereocenters. The van der Waals surface area contributed by atoms with Crippen molar-refractivity contribution in [2.24, 2.45) is 5.92 Å². The molecule has 0 saturated carbocycles. The standard InChI is InChI=1S/C21H23N5O2/c1-3-12(2)18(11-27)24-21(28)13-8-9-15-14(10-13)19(26-25-15)20-22-16-6-4-5-7-17(16)23-20/h4-10,12,18,27H,3,11H2,1-2H3,(H,22,23)(H,24,28)(H,25,26)/t12-,18+/m0/s1. The van der Waals surface area contributed by atoms with Crippen LogP contribution in [0.5, 0.6) is 0 Å². The Hall–Kier alpha value is -3.19. The van der Waals surface area contributed by atoms with Crippen LogP contribution in [0.25, 0.3) is 33.5 Å². The van der Waals surface area contributed by atoms with Crippen molar-refractivity contribution in [2.45, 2.75) is 26.3 Å². The second kappa shape index (κ2) is 7.44. The smallest absolute Gasteiger partial charge is 0.251 e. The van der Waals surface area contributed by atoms with E-state index in [2.05, 4.69) is 25.5 Å². The maximum atomic E-state index is 12.7. The van der Waals surface area contributed by atoms with Crippen LogP contribution in [0.4, 0.5) is 0 Å². The van der Waals surface area contributed by atoms with Crippen LogP contribution in [0.3, 0.4) is 0 Å². The molecule has 4 rings (SSSR count). The van der Waals surface area contributed by atoms with E-state index >= 15 is 0 Å². The molecule has 2 aromatic carbocycles. The molecule has 1 amide bonds. The second-order valence-corrected chi connectivity index (χ2v) is 7.08. The van der Waals surface area contributed by atoms with Gasteiger partial charge in [0.25, 0.3) is 5.91 Å². The monoisotopic (exact) mass is 377 g/mol. The van der Waals surface area contributed by atoms with Crippen LogP contribution in [-0.2, 0) is 0 Å². The summed E-state index contributed by atoms with van der Waals surface area (Å²) >= 11 is 0. The molecule has 0 bridgehead atoms. The summed E-state index contributed by atoms with van der Waals surface area (Å²) in [5.74, 6) is 0.633. The molecule has 28 heavy (non-hydrogen) atoms. The van der Waals surface area contributed by atoms with Gasteiger partial charge in [0.15, 0.2) is 5.82 Å². The van der Waals surface area contributed by atoms with Gasteiger partial charge in [-0.15, -0.1) is 0 Å². The number of amides is 1. The van der Waals surface area contributed by atoms with Gasteiger partial charge in [-0.3, -0.25) is 9.89 Å². The maximum Gasteiger partial charge on any atom is 0.251 e. The summed E-state index contributed by atoms with van der Waals surface area (Å²) in [6.45, 7) is 3.97. The molecule has 2 heterocycles. The van der Waals surface area contributed by atoms with E-state index < -0.39 is 0 Å². The zero-order valence-electron chi connectivity index (χ0n) is 15.9. The SMILES string of the molecule is CC[C@H](C)[C@@H](CO)NC(=O)c1ccc2[nH]nc(-c3nc4ccccc4[nH]3)c2c1. The Morgan fingerprint density at radius 1 is 1.21 bits per heavy atom. The molecule has 7 nitrogen and oxygen atoms in total. The van der Waals surface area contributed by atoms with Crippen LogP contribution in [0.15, 0.2) is 42.5 Å². The quantitative estimate of drug-likeness (QED) is 0.414. The Labute approximate surface area is 162 Å². The predicted octanol–water partition coefficient (Wildman–Crippen LogP) is 3.24. The number of nitrogens with zero attached hydrogens (tertiary/aromatic N) is 2. The van der Waals surface area contributed by atoms with E-state index in [1.807, 2.05) is 50.2 Å². The van der Waals surface area contributed by atoms with Gasteiger partial charge < -0.3 is 15.4 Å².